The second-order valence-corrected chi connectivity index (χ2v) is 7.02. The first kappa shape index (κ1) is 21.8. The molecule has 1 atom stereocenters. The molecule has 0 aromatic rings. The Kier molecular flexibility index (Phi) is 7.83. The predicted octanol–water partition coefficient (Wildman–Crippen LogP) is -0.526. The Morgan fingerprint density at radius 1 is 1.29 bits per heavy atom. The second-order valence-electron chi connectivity index (χ2n) is 5.39. The highest BCUT2D eigenvalue weighted by Gasteiger charge is 2.55. The summed E-state index contributed by atoms with van der Waals surface area (Å²) < 4.78 is 31.2. The van der Waals surface area contributed by atoms with E-state index >= 15 is 0 Å². The summed E-state index contributed by atoms with van der Waals surface area (Å²) in [7, 11) is -0.571. The van der Waals surface area contributed by atoms with Crippen molar-refractivity contribution in [1.29, 1.82) is 0 Å². The largest absolute Gasteiger partial charge is 0.543 e. The Balaban J connectivity index is 0. The van der Waals surface area contributed by atoms with E-state index in [1.54, 1.807) is 6.92 Å². The van der Waals surface area contributed by atoms with Gasteiger partial charge in [-0.2, -0.15) is 8.42 Å². The predicted molar refractivity (Wildman–Crippen MR) is 74.7 cm³/mol. The number of hydrogen-bond acceptors (Lipinski definition) is 5. The molecule has 0 aliphatic rings. The lowest BCUT2D eigenvalue weighted by Gasteiger charge is -2.43. The van der Waals surface area contributed by atoms with Gasteiger partial charge in [-0.1, -0.05) is 13.5 Å². The number of carboxylic acid groups (broad SMARTS) is 2. The SMILES string of the molecule is C=C(C)C(=O)O.CCCC(C(=O)[O-])([N+](C)(C)C)S(=O)(=O)O. The number of nitrogens with zero attached hydrogens (tertiary/aromatic N) is 1. The zero-order valence-electron chi connectivity index (χ0n) is 12.9. The smallest absolute Gasteiger partial charge is 0.330 e. The summed E-state index contributed by atoms with van der Waals surface area (Å²) in [5.74, 6) is -2.71. The average Bonchev–Trinajstić information content (AvgIpc) is 2.22. The van der Waals surface area contributed by atoms with Crippen molar-refractivity contribution in [1.82, 2.24) is 0 Å². The fraction of sp³-hybridized carbons (Fsp3) is 0.667. The van der Waals surface area contributed by atoms with Gasteiger partial charge in [-0.05, 0) is 13.3 Å². The fourth-order valence-corrected chi connectivity index (χ4v) is 3.00. The van der Waals surface area contributed by atoms with Crippen molar-refractivity contribution in [3.05, 3.63) is 12.2 Å². The van der Waals surface area contributed by atoms with Crippen molar-refractivity contribution in [2.24, 2.45) is 0 Å². The number of carboxylic acids is 2. The lowest BCUT2D eigenvalue weighted by molar-refractivity contribution is -0.901. The van der Waals surface area contributed by atoms with Gasteiger partial charge in [-0.3, -0.25) is 4.55 Å². The Bertz CT molecular complexity index is 492. The first-order valence-corrected chi connectivity index (χ1v) is 7.48. The van der Waals surface area contributed by atoms with Gasteiger partial charge < -0.3 is 19.5 Å². The Morgan fingerprint density at radius 3 is 1.67 bits per heavy atom. The molecule has 0 aliphatic heterocycles. The third-order valence-corrected chi connectivity index (χ3v) is 4.56. The summed E-state index contributed by atoms with van der Waals surface area (Å²) in [5.41, 5.74) is 0.176. The highest BCUT2D eigenvalue weighted by molar-refractivity contribution is 7.87. The molecule has 0 radical (unpaired) electrons. The van der Waals surface area contributed by atoms with E-state index < -0.39 is 31.4 Å². The molecular formula is C12H23NO7S. The van der Waals surface area contributed by atoms with Crippen LogP contribution in [0.5, 0.6) is 0 Å². The van der Waals surface area contributed by atoms with Gasteiger partial charge in [0.1, 0.15) is 5.97 Å². The Morgan fingerprint density at radius 2 is 1.62 bits per heavy atom. The molecule has 8 nitrogen and oxygen atoms in total. The van der Waals surface area contributed by atoms with Crippen molar-refractivity contribution in [3.63, 3.8) is 0 Å². The van der Waals surface area contributed by atoms with Crippen molar-refractivity contribution in [3.8, 4) is 0 Å². The molecule has 0 bridgehead atoms. The molecule has 0 heterocycles. The van der Waals surface area contributed by atoms with E-state index in [0.29, 0.717) is 6.42 Å². The van der Waals surface area contributed by atoms with Crippen LogP contribution < -0.4 is 5.11 Å². The molecular weight excluding hydrogens is 302 g/mol. The topological polar surface area (TPSA) is 132 Å². The van der Waals surface area contributed by atoms with Gasteiger partial charge in [0.05, 0.1) is 21.1 Å². The van der Waals surface area contributed by atoms with E-state index in [9.17, 15) is 23.1 Å². The van der Waals surface area contributed by atoms with Gasteiger partial charge in [0.25, 0.3) is 4.87 Å². The Hall–Kier alpha value is -1.45. The van der Waals surface area contributed by atoms with E-state index in [1.165, 1.54) is 28.1 Å². The van der Waals surface area contributed by atoms with Crippen molar-refractivity contribution >= 4 is 22.1 Å². The normalized spacial score (nSPS) is 14.4. The average molecular weight is 325 g/mol. The van der Waals surface area contributed by atoms with Crippen LogP contribution in [-0.2, 0) is 19.7 Å². The van der Waals surface area contributed by atoms with E-state index in [-0.39, 0.29) is 12.0 Å². The minimum Gasteiger partial charge on any atom is -0.543 e. The first-order valence-electron chi connectivity index (χ1n) is 6.04. The number of hydrogen-bond donors (Lipinski definition) is 2. The van der Waals surface area contributed by atoms with Gasteiger partial charge in [-0.25, -0.2) is 4.79 Å². The quantitative estimate of drug-likeness (QED) is 0.381. The fourth-order valence-electron chi connectivity index (χ4n) is 1.63. The molecule has 21 heavy (non-hydrogen) atoms. The molecule has 1 unspecified atom stereocenters. The molecule has 9 heteroatoms. The number of likely N-dealkylation sites (N-methyl/N-ethyl adjacent to an activating group) is 1. The van der Waals surface area contributed by atoms with Gasteiger partial charge in [0.15, 0.2) is 0 Å². The molecule has 0 amide bonds. The number of rotatable bonds is 6. The summed E-state index contributed by atoms with van der Waals surface area (Å²) in [4.78, 5) is 18.3. The van der Waals surface area contributed by atoms with Crippen LogP contribution in [0.4, 0.5) is 0 Å². The molecule has 0 spiro atoms. The minimum absolute atomic E-state index is 0.176. The molecule has 0 saturated heterocycles. The molecule has 0 aliphatic carbocycles. The maximum absolute atomic E-state index is 11.3. The van der Waals surface area contributed by atoms with Crippen molar-refractivity contribution in [2.75, 3.05) is 21.1 Å². The summed E-state index contributed by atoms with van der Waals surface area (Å²) in [5, 5.41) is 18.9. The maximum Gasteiger partial charge on any atom is 0.330 e. The maximum atomic E-state index is 11.3. The summed E-state index contributed by atoms with van der Waals surface area (Å²) in [6.45, 7) is 6.24. The zero-order valence-corrected chi connectivity index (χ0v) is 13.7. The van der Waals surface area contributed by atoms with Crippen LogP contribution in [0.1, 0.15) is 26.7 Å². The van der Waals surface area contributed by atoms with Crippen molar-refractivity contribution < 1.29 is 37.3 Å². The molecule has 2 N–H and O–H groups in total. The van der Waals surface area contributed by atoms with Gasteiger partial charge in [0, 0.05) is 12.0 Å². The van der Waals surface area contributed by atoms with Gasteiger partial charge in [0.2, 0.25) is 0 Å². The molecule has 0 aromatic carbocycles. The van der Waals surface area contributed by atoms with E-state index in [4.69, 9.17) is 9.66 Å². The standard InChI is InChI=1S/C8H17NO5S.C4H6O2/c1-5-6-8(7(10)11,9(2,3)4)15(12,13)14;1-3(2)4(5)6/h5-6H2,1-4H3,(H-,10,11,12,13,14);1H2,2H3,(H,5,6). The molecule has 0 rings (SSSR count). The number of aliphatic carboxylic acids is 2. The molecule has 124 valence electrons. The highest BCUT2D eigenvalue weighted by atomic mass is 32.2. The number of carbonyl (C=O) groups is 2. The third kappa shape index (κ3) is 5.44. The van der Waals surface area contributed by atoms with E-state index in [0.717, 1.165) is 0 Å². The molecule has 0 saturated carbocycles. The van der Waals surface area contributed by atoms with Gasteiger partial charge >= 0.3 is 16.1 Å². The van der Waals surface area contributed by atoms with E-state index in [1.807, 2.05) is 0 Å². The summed E-state index contributed by atoms with van der Waals surface area (Å²) in [6, 6.07) is 0. The van der Waals surface area contributed by atoms with Crippen LogP contribution in [-0.4, -0.2) is 60.5 Å². The van der Waals surface area contributed by atoms with Gasteiger partial charge in [-0.15, -0.1) is 0 Å². The monoisotopic (exact) mass is 325 g/mol. The number of carbonyl (C=O) groups excluding carboxylic acids is 1. The van der Waals surface area contributed by atoms with Crippen LogP contribution in [0.15, 0.2) is 12.2 Å². The van der Waals surface area contributed by atoms with Crippen LogP contribution in [0.3, 0.4) is 0 Å². The lowest BCUT2D eigenvalue weighted by atomic mass is 10.1. The second kappa shape index (κ2) is 7.53. The third-order valence-electron chi connectivity index (χ3n) is 2.78. The van der Waals surface area contributed by atoms with Crippen LogP contribution in [0, 0.1) is 0 Å². The highest BCUT2D eigenvalue weighted by Crippen LogP contribution is 2.29. The molecule has 0 fully saturated rings. The van der Waals surface area contributed by atoms with E-state index in [2.05, 4.69) is 6.58 Å². The summed E-state index contributed by atoms with van der Waals surface area (Å²) >= 11 is 0. The summed E-state index contributed by atoms with van der Waals surface area (Å²) in [6.07, 6.45) is 0.112. The van der Waals surface area contributed by atoms with Crippen LogP contribution in [0.2, 0.25) is 0 Å². The van der Waals surface area contributed by atoms with Crippen LogP contribution in [0.25, 0.3) is 0 Å². The zero-order chi connectivity index (χ0) is 17.6. The molecule has 0 aromatic heterocycles. The minimum atomic E-state index is -4.74. The van der Waals surface area contributed by atoms with Crippen molar-refractivity contribution in [2.45, 2.75) is 31.6 Å². The van der Waals surface area contributed by atoms with Crippen LogP contribution >= 0.6 is 0 Å². The number of quaternary nitrogens is 1. The first-order chi connectivity index (χ1) is 9.15. The Labute approximate surface area is 125 Å². The lowest BCUT2D eigenvalue weighted by Crippen LogP contribution is -2.69.